The highest BCUT2D eigenvalue weighted by Gasteiger charge is 2.50. The molecule has 6 N–H and O–H groups in total. The smallest absolute Gasteiger partial charge is 0.220 e. The van der Waals surface area contributed by atoms with Gasteiger partial charge in [-0.3, -0.25) is 14.4 Å². The molecule has 2 aromatic rings. The molecule has 6 atom stereocenters. The quantitative estimate of drug-likeness (QED) is 0.180. The van der Waals surface area contributed by atoms with E-state index in [1.165, 1.54) is 25.3 Å². The number of carbonyl (C=O) groups is 3. The summed E-state index contributed by atoms with van der Waals surface area (Å²) >= 11 is 6.01. The molecule has 15 heteroatoms. The molecule has 0 saturated carbocycles. The summed E-state index contributed by atoms with van der Waals surface area (Å²) in [6.45, 7) is 3.63. The number of phenolic OH excluding ortho intramolecular Hbond substituents is 2. The molecule has 5 rings (SSSR count). The summed E-state index contributed by atoms with van der Waals surface area (Å²) in [5.41, 5.74) is 2.71. The Morgan fingerprint density at radius 3 is 2.51 bits per heavy atom. The number of aromatic hydroxyl groups is 2. The fraction of sp³-hybridized carbons (Fsp3) is 0.467. The Balaban J connectivity index is 0.00000461. The summed E-state index contributed by atoms with van der Waals surface area (Å²) in [6, 6.07) is 3.69. The average Bonchev–Trinajstić information content (AvgIpc) is 2.98. The molecule has 1 fully saturated rings. The number of fused-ring (bicyclic) bond motifs is 3. The predicted octanol–water partition coefficient (Wildman–Crippen LogP) is 2.49. The van der Waals surface area contributed by atoms with Crippen LogP contribution in [0.15, 0.2) is 18.2 Å². The van der Waals surface area contributed by atoms with E-state index in [-0.39, 0.29) is 57.0 Å². The fourth-order valence-electron chi connectivity index (χ4n) is 6.02. The lowest BCUT2D eigenvalue weighted by Gasteiger charge is -2.42. The summed E-state index contributed by atoms with van der Waals surface area (Å²) in [4.78, 5) is 40.9. The van der Waals surface area contributed by atoms with Gasteiger partial charge in [-0.1, -0.05) is 23.9 Å². The first-order valence-corrected chi connectivity index (χ1v) is 15.4. The Labute approximate surface area is 274 Å². The number of hydrogen-bond donors (Lipinski definition) is 5. The van der Waals surface area contributed by atoms with Gasteiger partial charge in [-0.2, -0.15) is 0 Å². The van der Waals surface area contributed by atoms with E-state index in [9.17, 15) is 34.8 Å². The van der Waals surface area contributed by atoms with Crippen molar-refractivity contribution in [2.75, 3.05) is 19.5 Å². The van der Waals surface area contributed by atoms with Crippen LogP contribution in [0.5, 0.6) is 17.2 Å². The van der Waals surface area contributed by atoms with Crippen molar-refractivity contribution in [3.05, 3.63) is 51.6 Å². The normalized spacial score (nSPS) is 27.0. The van der Waals surface area contributed by atoms with Crippen molar-refractivity contribution in [1.29, 1.82) is 0 Å². The zero-order valence-electron chi connectivity index (χ0n) is 24.6. The van der Waals surface area contributed by atoms with Gasteiger partial charge in [0.15, 0.2) is 17.9 Å². The molecule has 0 amide bonds. The molecular weight excluding hydrogens is 650 g/mol. The largest absolute Gasteiger partial charge is 0.507 e. The Bertz CT molecular complexity index is 1540. The number of halogens is 1. The molecule has 0 aromatic heterocycles. The average molecular weight is 684 g/mol. The van der Waals surface area contributed by atoms with E-state index in [1.807, 2.05) is 0 Å². The highest BCUT2D eigenvalue weighted by molar-refractivity contribution is 8.23. The number of phenols is 2. The number of methoxy groups -OCH3 is 1. The molecule has 244 valence electrons. The minimum Gasteiger partial charge on any atom is -0.507 e. The number of thiocarbonyl (C=S) groups is 1. The second kappa shape index (κ2) is 13.5. The lowest BCUT2D eigenvalue weighted by atomic mass is 9.72. The summed E-state index contributed by atoms with van der Waals surface area (Å²) < 4.78 is 22.6. The highest BCUT2D eigenvalue weighted by Crippen LogP contribution is 2.52. The summed E-state index contributed by atoms with van der Waals surface area (Å²) in [5, 5.41) is 45.2. The van der Waals surface area contributed by atoms with Gasteiger partial charge >= 0.3 is 0 Å². The maximum Gasteiger partial charge on any atom is 0.220 e. The third kappa shape index (κ3) is 6.17. The maximum atomic E-state index is 13.8. The number of Topliss-reactive ketones (excluding diaryl/α,β-unsaturated/α-hetero) is 1. The second-order valence-corrected chi connectivity index (χ2v) is 12.6. The van der Waals surface area contributed by atoms with Gasteiger partial charge in [0, 0.05) is 42.0 Å². The van der Waals surface area contributed by atoms with Gasteiger partial charge < -0.3 is 45.1 Å². The molecule has 0 spiro atoms. The Hall–Kier alpha value is -2.82. The molecule has 1 aliphatic heterocycles. The first kappa shape index (κ1) is 35.0. The van der Waals surface area contributed by atoms with E-state index >= 15 is 0 Å². The molecule has 1 heterocycles. The highest BCUT2D eigenvalue weighted by atomic mass is 35.5. The lowest BCUT2D eigenvalue weighted by Crippen LogP contribution is -2.53. The number of hydrogen-bond acceptors (Lipinski definition) is 14. The van der Waals surface area contributed by atoms with Crippen LogP contribution in [-0.4, -0.2) is 91.8 Å². The summed E-state index contributed by atoms with van der Waals surface area (Å²) in [5.74, 6) is -3.63. The number of benzene rings is 2. The standard InChI is InChI=1S/C30H33NO11S2.ClH/c1-4-40-29(43)44-11-18(32)30(38)9-14-21(17(10-30)42-19-8-15(31)24(33)12(2)41-19)28(37)23-22(26(14)35)25(34)13-6-5-7-16(39-3)20(13)27(23)36;/h5-7,12,15,17,19,24,33,35,37-38H,4,8-11,31H2,1-3H3;1H. The monoisotopic (exact) mass is 683 g/mol. The number of nitrogens with two attached hydrogens (primary N) is 1. The van der Waals surface area contributed by atoms with Crippen molar-refractivity contribution in [1.82, 2.24) is 0 Å². The SMILES string of the molecule is CCOC(=S)SCC(=O)C1(O)Cc2c(O)c3c(c(O)c2C(OC2CC(N)C(O)C(C)O2)C1)C(=O)c1c(OC)cccc1C3=O.Cl. The van der Waals surface area contributed by atoms with E-state index < -0.39 is 89.1 Å². The Kier molecular flexibility index (Phi) is 10.5. The van der Waals surface area contributed by atoms with Crippen molar-refractivity contribution < 1.29 is 53.8 Å². The molecule has 6 unspecified atom stereocenters. The predicted molar refractivity (Wildman–Crippen MR) is 169 cm³/mol. The van der Waals surface area contributed by atoms with Gasteiger partial charge in [-0.05, 0) is 32.1 Å². The minimum absolute atomic E-state index is 0. The third-order valence-electron chi connectivity index (χ3n) is 8.24. The second-order valence-electron chi connectivity index (χ2n) is 11.0. The molecule has 2 aliphatic carbocycles. The maximum absolute atomic E-state index is 13.8. The van der Waals surface area contributed by atoms with Crippen LogP contribution in [0, 0.1) is 0 Å². The summed E-state index contributed by atoms with van der Waals surface area (Å²) in [6.07, 6.45) is -4.92. The minimum atomic E-state index is -2.14. The number of rotatable bonds is 7. The molecule has 1 saturated heterocycles. The van der Waals surface area contributed by atoms with Crippen LogP contribution < -0.4 is 10.5 Å². The molecule has 45 heavy (non-hydrogen) atoms. The van der Waals surface area contributed by atoms with Crippen molar-refractivity contribution in [2.45, 2.75) is 69.4 Å². The molecule has 12 nitrogen and oxygen atoms in total. The van der Waals surface area contributed by atoms with Crippen molar-refractivity contribution in [2.24, 2.45) is 5.73 Å². The molecule has 3 aliphatic rings. The number of ether oxygens (including phenoxy) is 4. The number of ketones is 3. The lowest BCUT2D eigenvalue weighted by molar-refractivity contribution is -0.247. The van der Waals surface area contributed by atoms with Crippen LogP contribution in [0.4, 0.5) is 0 Å². The topological polar surface area (TPSA) is 195 Å². The van der Waals surface area contributed by atoms with E-state index in [2.05, 4.69) is 0 Å². The number of thioether (sulfide) groups is 1. The van der Waals surface area contributed by atoms with Gasteiger partial charge in [0.2, 0.25) is 10.2 Å². The van der Waals surface area contributed by atoms with Gasteiger partial charge in [-0.25, -0.2) is 0 Å². The van der Waals surface area contributed by atoms with Crippen LogP contribution in [0.25, 0.3) is 0 Å². The van der Waals surface area contributed by atoms with Gasteiger partial charge in [0.05, 0.1) is 54.5 Å². The van der Waals surface area contributed by atoms with Crippen molar-refractivity contribution in [3.63, 3.8) is 0 Å². The van der Waals surface area contributed by atoms with Crippen LogP contribution in [-0.2, 0) is 25.4 Å². The number of aliphatic hydroxyl groups excluding tert-OH is 1. The zero-order valence-corrected chi connectivity index (χ0v) is 27.1. The van der Waals surface area contributed by atoms with Gasteiger partial charge in [0.1, 0.15) is 22.8 Å². The first-order chi connectivity index (χ1) is 20.8. The van der Waals surface area contributed by atoms with E-state index in [1.54, 1.807) is 13.8 Å². The van der Waals surface area contributed by atoms with E-state index in [0.29, 0.717) is 6.61 Å². The van der Waals surface area contributed by atoms with Crippen LogP contribution in [0.1, 0.15) is 75.8 Å². The third-order valence-corrected chi connectivity index (χ3v) is 9.48. The number of aliphatic hydroxyl groups is 2. The van der Waals surface area contributed by atoms with Gasteiger partial charge in [0.25, 0.3) is 0 Å². The Morgan fingerprint density at radius 1 is 1.18 bits per heavy atom. The van der Waals surface area contributed by atoms with Crippen LogP contribution >= 0.6 is 36.4 Å². The van der Waals surface area contributed by atoms with Gasteiger partial charge in [-0.15, -0.1) is 12.4 Å². The molecule has 2 aromatic carbocycles. The zero-order chi connectivity index (χ0) is 32.1. The van der Waals surface area contributed by atoms with Crippen LogP contribution in [0.3, 0.4) is 0 Å². The van der Waals surface area contributed by atoms with Crippen LogP contribution in [0.2, 0.25) is 0 Å². The van der Waals surface area contributed by atoms with E-state index in [4.69, 9.17) is 36.9 Å². The van der Waals surface area contributed by atoms with Crippen molar-refractivity contribution in [3.8, 4) is 17.2 Å². The fourth-order valence-corrected chi connectivity index (χ4v) is 7.03. The first-order valence-electron chi connectivity index (χ1n) is 14.0. The molecule has 0 radical (unpaired) electrons. The molecule has 0 bridgehead atoms. The molecular formula is C30H34ClNO11S2. The van der Waals surface area contributed by atoms with Crippen molar-refractivity contribution >= 4 is 58.1 Å². The van der Waals surface area contributed by atoms with E-state index in [0.717, 1.165) is 11.8 Å². The number of carbonyl (C=O) groups excluding carboxylic acids is 3. The Morgan fingerprint density at radius 2 is 1.87 bits per heavy atom. The summed E-state index contributed by atoms with van der Waals surface area (Å²) in [7, 11) is 1.33.